The maximum absolute atomic E-state index is 12.1. The summed E-state index contributed by atoms with van der Waals surface area (Å²) in [6.07, 6.45) is 10.5. The Kier molecular flexibility index (Phi) is 14.3. The van der Waals surface area contributed by atoms with Crippen molar-refractivity contribution in [3.8, 4) is 0 Å². The molecule has 1 atom stereocenters. The Hall–Kier alpha value is -0.550. The van der Waals surface area contributed by atoms with Crippen LogP contribution in [0.4, 0.5) is 0 Å². The quantitative estimate of drug-likeness (QED) is 0.230. The highest BCUT2D eigenvalue weighted by molar-refractivity contribution is 7.82. The number of thiol groups is 1. The fraction of sp³-hybridized carbons (Fsp3) is 0.900. The highest BCUT2D eigenvalue weighted by Crippen LogP contribution is 2.17. The third-order valence-electron chi connectivity index (χ3n) is 4.33. The predicted molar refractivity (Wildman–Crippen MR) is 108 cm³/mol. The van der Waals surface area contributed by atoms with E-state index in [1.54, 1.807) is 6.92 Å². The van der Waals surface area contributed by atoms with Gasteiger partial charge in [0.1, 0.15) is 5.78 Å². The Morgan fingerprint density at radius 1 is 1.00 bits per heavy atom. The molecule has 25 heavy (non-hydrogen) atoms. The Morgan fingerprint density at radius 3 is 2.24 bits per heavy atom. The van der Waals surface area contributed by atoms with Gasteiger partial charge in [-0.05, 0) is 26.2 Å². The van der Waals surface area contributed by atoms with Gasteiger partial charge in [-0.15, -0.1) is 12.6 Å². The van der Waals surface area contributed by atoms with Crippen LogP contribution in [-0.4, -0.2) is 29.8 Å². The summed E-state index contributed by atoms with van der Waals surface area (Å²) >= 11 is 4.35. The van der Waals surface area contributed by atoms with Gasteiger partial charge in [-0.1, -0.05) is 59.3 Å². The topological polar surface area (TPSA) is 55.4 Å². The summed E-state index contributed by atoms with van der Waals surface area (Å²) in [4.78, 5) is 22.6. The largest absolute Gasteiger partial charge is 0.355 e. The molecule has 4 nitrogen and oxygen atoms in total. The van der Waals surface area contributed by atoms with E-state index in [2.05, 4.69) is 24.9 Å². The van der Waals surface area contributed by atoms with E-state index in [9.17, 15) is 9.59 Å². The molecule has 5 heteroatoms. The fourth-order valence-electron chi connectivity index (χ4n) is 2.47. The van der Waals surface area contributed by atoms with E-state index in [1.807, 2.05) is 13.8 Å². The molecule has 0 saturated carbocycles. The molecule has 0 bridgehead atoms. The second kappa shape index (κ2) is 14.6. The first kappa shape index (κ1) is 24.5. The van der Waals surface area contributed by atoms with E-state index in [1.165, 1.54) is 25.7 Å². The number of hydrogen-bond donors (Lipinski definition) is 2. The Morgan fingerprint density at radius 2 is 1.60 bits per heavy atom. The van der Waals surface area contributed by atoms with Crippen molar-refractivity contribution < 1.29 is 14.3 Å². The zero-order chi connectivity index (χ0) is 19.1. The summed E-state index contributed by atoms with van der Waals surface area (Å²) in [5, 5.41) is 2.91. The van der Waals surface area contributed by atoms with Crippen molar-refractivity contribution in [1.29, 1.82) is 0 Å². The number of amides is 1. The third kappa shape index (κ3) is 13.3. The van der Waals surface area contributed by atoms with Gasteiger partial charge in [0.2, 0.25) is 0 Å². The molecule has 0 heterocycles. The summed E-state index contributed by atoms with van der Waals surface area (Å²) < 4.78 is 5.62. The lowest BCUT2D eigenvalue weighted by atomic mass is 10.0. The molecule has 0 aliphatic heterocycles. The van der Waals surface area contributed by atoms with Gasteiger partial charge in [-0.3, -0.25) is 9.59 Å². The second-order valence-electron chi connectivity index (χ2n) is 7.29. The maximum Gasteiger partial charge on any atom is 0.262 e. The molecule has 0 aliphatic rings. The average molecular weight is 374 g/mol. The van der Waals surface area contributed by atoms with Crippen molar-refractivity contribution in [2.45, 2.75) is 96.8 Å². The van der Waals surface area contributed by atoms with Gasteiger partial charge in [0.15, 0.2) is 4.93 Å². The summed E-state index contributed by atoms with van der Waals surface area (Å²) in [5.41, 5.74) is 0. The van der Waals surface area contributed by atoms with E-state index >= 15 is 0 Å². The molecule has 1 N–H and O–H groups in total. The Labute approximate surface area is 160 Å². The van der Waals surface area contributed by atoms with E-state index in [-0.39, 0.29) is 11.8 Å². The van der Waals surface area contributed by atoms with Gasteiger partial charge in [-0.2, -0.15) is 0 Å². The average Bonchev–Trinajstić information content (AvgIpc) is 2.56. The number of Topliss-reactive ketones (excluding diaryl/α,β-unsaturated/α-hetero) is 1. The molecule has 0 aromatic carbocycles. The van der Waals surface area contributed by atoms with Crippen LogP contribution in [0.3, 0.4) is 0 Å². The molecule has 0 aliphatic carbocycles. The van der Waals surface area contributed by atoms with Gasteiger partial charge in [0.05, 0.1) is 0 Å². The van der Waals surface area contributed by atoms with Crippen molar-refractivity contribution in [1.82, 2.24) is 5.32 Å². The second-order valence-corrected chi connectivity index (χ2v) is 8.14. The van der Waals surface area contributed by atoms with Crippen molar-refractivity contribution >= 4 is 24.3 Å². The number of ether oxygens (including phenoxy) is 1. The first-order valence-corrected chi connectivity index (χ1v) is 10.4. The lowest BCUT2D eigenvalue weighted by Gasteiger charge is -2.23. The van der Waals surface area contributed by atoms with Gasteiger partial charge in [-0.25, -0.2) is 0 Å². The van der Waals surface area contributed by atoms with Crippen molar-refractivity contribution in [3.63, 3.8) is 0 Å². The number of carbonyl (C=O) groups is 2. The normalized spacial score (nSPS) is 13.7. The van der Waals surface area contributed by atoms with Crippen molar-refractivity contribution in [2.75, 3.05) is 13.2 Å². The van der Waals surface area contributed by atoms with Crippen LogP contribution in [0, 0.1) is 5.92 Å². The first-order valence-electron chi connectivity index (χ1n) is 9.98. The summed E-state index contributed by atoms with van der Waals surface area (Å²) in [6.45, 7) is 8.93. The molecule has 0 spiro atoms. The number of unbranched alkanes of at least 4 members (excludes halogenated alkanes) is 7. The number of carbonyl (C=O) groups excluding carboxylic acids is 2. The molecule has 0 radical (unpaired) electrons. The molecule has 1 amide bonds. The standard InChI is InChI=1S/C20H39NO3S/c1-5-6-7-8-9-12-15-21-19(23)20(4,25)24-16-13-10-11-14-18(22)17(2)3/h17,25H,5-16H2,1-4H3,(H,21,23). The molecule has 0 rings (SSSR count). The minimum absolute atomic E-state index is 0.118. The van der Waals surface area contributed by atoms with E-state index in [0.717, 1.165) is 32.1 Å². The maximum atomic E-state index is 12.1. The lowest BCUT2D eigenvalue weighted by Crippen LogP contribution is -2.43. The van der Waals surface area contributed by atoms with Crippen LogP contribution in [0.25, 0.3) is 0 Å². The summed E-state index contributed by atoms with van der Waals surface area (Å²) in [7, 11) is 0. The Balaban J connectivity index is 3.70. The minimum Gasteiger partial charge on any atom is -0.355 e. The van der Waals surface area contributed by atoms with Crippen LogP contribution in [0.2, 0.25) is 0 Å². The van der Waals surface area contributed by atoms with Gasteiger partial charge < -0.3 is 10.1 Å². The molecule has 0 fully saturated rings. The molecular formula is C20H39NO3S. The molecular weight excluding hydrogens is 334 g/mol. The molecule has 0 saturated heterocycles. The summed E-state index contributed by atoms with van der Waals surface area (Å²) in [5.74, 6) is 0.265. The monoisotopic (exact) mass is 373 g/mol. The van der Waals surface area contributed by atoms with Crippen LogP contribution >= 0.6 is 12.6 Å². The number of hydrogen-bond acceptors (Lipinski definition) is 4. The SMILES string of the molecule is CCCCCCCCNC(=O)C(C)(S)OCCCCCC(=O)C(C)C. The predicted octanol–water partition coefficient (Wildman–Crippen LogP) is 4.91. The van der Waals surface area contributed by atoms with Crippen LogP contribution in [0.15, 0.2) is 0 Å². The third-order valence-corrected chi connectivity index (χ3v) is 4.66. The number of nitrogens with one attached hydrogen (secondary N) is 1. The zero-order valence-corrected chi connectivity index (χ0v) is 17.6. The van der Waals surface area contributed by atoms with Crippen LogP contribution < -0.4 is 5.32 Å². The van der Waals surface area contributed by atoms with E-state index < -0.39 is 4.93 Å². The smallest absolute Gasteiger partial charge is 0.262 e. The molecule has 1 unspecified atom stereocenters. The van der Waals surface area contributed by atoms with E-state index in [4.69, 9.17) is 4.74 Å². The number of ketones is 1. The van der Waals surface area contributed by atoms with E-state index in [0.29, 0.717) is 25.4 Å². The zero-order valence-electron chi connectivity index (χ0n) is 16.7. The highest BCUT2D eigenvalue weighted by Gasteiger charge is 2.29. The first-order chi connectivity index (χ1) is 11.8. The van der Waals surface area contributed by atoms with Gasteiger partial charge in [0.25, 0.3) is 5.91 Å². The van der Waals surface area contributed by atoms with Crippen LogP contribution in [-0.2, 0) is 14.3 Å². The van der Waals surface area contributed by atoms with Crippen LogP contribution in [0.5, 0.6) is 0 Å². The van der Waals surface area contributed by atoms with Gasteiger partial charge >= 0.3 is 0 Å². The molecule has 148 valence electrons. The summed E-state index contributed by atoms with van der Waals surface area (Å²) in [6, 6.07) is 0. The fourth-order valence-corrected chi connectivity index (χ4v) is 2.64. The highest BCUT2D eigenvalue weighted by atomic mass is 32.1. The minimum atomic E-state index is -1.09. The van der Waals surface area contributed by atoms with Crippen LogP contribution in [0.1, 0.15) is 91.9 Å². The van der Waals surface area contributed by atoms with Crippen molar-refractivity contribution in [2.24, 2.45) is 5.92 Å². The van der Waals surface area contributed by atoms with Crippen molar-refractivity contribution in [3.05, 3.63) is 0 Å². The lowest BCUT2D eigenvalue weighted by molar-refractivity contribution is -0.134. The van der Waals surface area contributed by atoms with Gasteiger partial charge in [0, 0.05) is 25.5 Å². The molecule has 0 aromatic heterocycles. The molecule has 0 aromatic rings. The number of rotatable bonds is 16. The Bertz CT molecular complexity index is 370.